The molecule has 0 saturated heterocycles. The molecule has 0 spiro atoms. The second-order valence-corrected chi connectivity index (χ2v) is 6.31. The Labute approximate surface area is 149 Å². The van der Waals surface area contributed by atoms with Crippen molar-refractivity contribution in [3.05, 3.63) is 30.1 Å². The van der Waals surface area contributed by atoms with Crippen molar-refractivity contribution in [2.24, 2.45) is 0 Å². The van der Waals surface area contributed by atoms with Crippen molar-refractivity contribution >= 4 is 11.8 Å². The van der Waals surface area contributed by atoms with Crippen LogP contribution in [0.1, 0.15) is 25.6 Å². The van der Waals surface area contributed by atoms with Gasteiger partial charge in [0.05, 0.1) is 12.9 Å². The second-order valence-electron chi connectivity index (χ2n) is 5.37. The number of tetrazole rings is 1. The molecular weight excluding hydrogens is 340 g/mol. The lowest BCUT2D eigenvalue weighted by Crippen LogP contribution is -2.12. The fraction of sp³-hybridized carbons (Fsp3) is 0.400. The maximum absolute atomic E-state index is 6.14. The van der Waals surface area contributed by atoms with E-state index in [1.54, 1.807) is 7.11 Å². The van der Waals surface area contributed by atoms with Crippen LogP contribution in [-0.4, -0.2) is 42.2 Å². The third-order valence-corrected chi connectivity index (χ3v) is 4.61. The minimum absolute atomic E-state index is 0.578. The van der Waals surface area contributed by atoms with E-state index in [0.29, 0.717) is 16.7 Å². The number of aryl methyl sites for hydroxylation is 1. The molecule has 132 valence electrons. The standard InChI is InChI=1S/C15H20N8OS/c1-3-4-9-22-13(17-20-21-22)10-25-15-19-18-14(23(15)16)11-5-7-12(24-2)8-6-11/h5-8H,3-4,9-10,16H2,1-2H3. The van der Waals surface area contributed by atoms with E-state index in [1.807, 2.05) is 28.9 Å². The largest absolute Gasteiger partial charge is 0.497 e. The van der Waals surface area contributed by atoms with Gasteiger partial charge >= 0.3 is 0 Å². The van der Waals surface area contributed by atoms with Crippen molar-refractivity contribution in [3.8, 4) is 17.1 Å². The average Bonchev–Trinajstić information content (AvgIpc) is 3.24. The summed E-state index contributed by atoms with van der Waals surface area (Å²) in [4.78, 5) is 0. The number of thioether (sulfide) groups is 1. The van der Waals surface area contributed by atoms with E-state index >= 15 is 0 Å². The summed E-state index contributed by atoms with van der Waals surface area (Å²) in [5, 5.41) is 20.8. The number of nitrogen functional groups attached to an aromatic ring is 1. The molecule has 0 bridgehead atoms. The first-order valence-electron chi connectivity index (χ1n) is 7.95. The summed E-state index contributed by atoms with van der Waals surface area (Å²) in [6.07, 6.45) is 2.13. The fourth-order valence-electron chi connectivity index (χ4n) is 2.25. The highest BCUT2D eigenvalue weighted by molar-refractivity contribution is 7.98. The van der Waals surface area contributed by atoms with Crippen LogP contribution in [0.3, 0.4) is 0 Å². The van der Waals surface area contributed by atoms with E-state index in [0.717, 1.165) is 36.5 Å². The van der Waals surface area contributed by atoms with Crippen molar-refractivity contribution < 1.29 is 4.74 Å². The van der Waals surface area contributed by atoms with E-state index in [4.69, 9.17) is 10.6 Å². The van der Waals surface area contributed by atoms with Crippen molar-refractivity contribution in [2.45, 2.75) is 37.2 Å². The van der Waals surface area contributed by atoms with E-state index in [-0.39, 0.29) is 0 Å². The van der Waals surface area contributed by atoms with Gasteiger partial charge in [-0.2, -0.15) is 0 Å². The lowest BCUT2D eigenvalue weighted by Gasteiger charge is -2.05. The molecule has 0 aliphatic rings. The Morgan fingerprint density at radius 3 is 2.68 bits per heavy atom. The van der Waals surface area contributed by atoms with Gasteiger partial charge in [-0.05, 0) is 41.1 Å². The Morgan fingerprint density at radius 1 is 1.16 bits per heavy atom. The predicted molar refractivity (Wildman–Crippen MR) is 94.4 cm³/mol. The molecule has 25 heavy (non-hydrogen) atoms. The lowest BCUT2D eigenvalue weighted by atomic mass is 10.2. The zero-order chi connectivity index (χ0) is 17.6. The van der Waals surface area contributed by atoms with Gasteiger partial charge in [0.25, 0.3) is 0 Å². The van der Waals surface area contributed by atoms with E-state index in [1.165, 1.54) is 16.4 Å². The number of hydrogen-bond donors (Lipinski definition) is 1. The van der Waals surface area contributed by atoms with Crippen LogP contribution in [0, 0.1) is 0 Å². The van der Waals surface area contributed by atoms with Gasteiger partial charge in [-0.15, -0.1) is 15.3 Å². The highest BCUT2D eigenvalue weighted by Crippen LogP contribution is 2.25. The molecule has 3 rings (SSSR count). The van der Waals surface area contributed by atoms with Crippen LogP contribution in [0.2, 0.25) is 0 Å². The number of rotatable bonds is 8. The Balaban J connectivity index is 1.70. The van der Waals surface area contributed by atoms with Crippen LogP contribution in [0.4, 0.5) is 0 Å². The van der Waals surface area contributed by atoms with Gasteiger partial charge in [-0.1, -0.05) is 25.1 Å². The normalized spacial score (nSPS) is 11.0. The molecule has 0 aliphatic carbocycles. The Hall–Kier alpha value is -2.62. The van der Waals surface area contributed by atoms with Crippen molar-refractivity contribution in [2.75, 3.05) is 13.0 Å². The average molecular weight is 360 g/mol. The summed E-state index contributed by atoms with van der Waals surface area (Å²) >= 11 is 1.45. The van der Waals surface area contributed by atoms with Gasteiger partial charge in [0.1, 0.15) is 5.75 Å². The van der Waals surface area contributed by atoms with Crippen molar-refractivity contribution in [1.29, 1.82) is 0 Å². The monoisotopic (exact) mass is 360 g/mol. The van der Waals surface area contributed by atoms with Gasteiger partial charge in [0.2, 0.25) is 5.16 Å². The summed E-state index contributed by atoms with van der Waals surface area (Å²) in [5.41, 5.74) is 0.871. The van der Waals surface area contributed by atoms with Gasteiger partial charge in [0.15, 0.2) is 11.6 Å². The van der Waals surface area contributed by atoms with E-state index in [9.17, 15) is 0 Å². The third kappa shape index (κ3) is 3.90. The minimum atomic E-state index is 0.578. The quantitative estimate of drug-likeness (QED) is 0.478. The Bertz CT molecular complexity index is 813. The van der Waals surface area contributed by atoms with Crippen molar-refractivity contribution in [1.82, 2.24) is 35.1 Å². The first-order chi connectivity index (χ1) is 12.2. The second kappa shape index (κ2) is 7.97. The van der Waals surface area contributed by atoms with Crippen LogP contribution in [0.25, 0.3) is 11.4 Å². The number of aromatic nitrogens is 7. The molecule has 0 unspecified atom stereocenters. The molecule has 2 N–H and O–H groups in total. The topological polar surface area (TPSA) is 110 Å². The van der Waals surface area contributed by atoms with Crippen LogP contribution in [0.5, 0.6) is 5.75 Å². The van der Waals surface area contributed by atoms with Crippen LogP contribution < -0.4 is 10.6 Å². The van der Waals surface area contributed by atoms with Gasteiger partial charge < -0.3 is 10.6 Å². The molecule has 0 atom stereocenters. The highest BCUT2D eigenvalue weighted by Gasteiger charge is 2.14. The summed E-state index contributed by atoms with van der Waals surface area (Å²) in [6, 6.07) is 7.51. The smallest absolute Gasteiger partial charge is 0.210 e. The van der Waals surface area contributed by atoms with Crippen LogP contribution >= 0.6 is 11.8 Å². The fourth-order valence-corrected chi connectivity index (χ4v) is 3.04. The molecular formula is C15H20N8OS. The molecule has 2 heterocycles. The van der Waals surface area contributed by atoms with E-state index < -0.39 is 0 Å². The molecule has 0 fully saturated rings. The van der Waals surface area contributed by atoms with Gasteiger partial charge in [0, 0.05) is 12.1 Å². The zero-order valence-electron chi connectivity index (χ0n) is 14.2. The highest BCUT2D eigenvalue weighted by atomic mass is 32.2. The molecule has 10 heteroatoms. The number of unbranched alkanes of at least 4 members (excludes halogenated alkanes) is 1. The van der Waals surface area contributed by atoms with Crippen LogP contribution in [-0.2, 0) is 12.3 Å². The molecule has 3 aromatic rings. The molecule has 0 aliphatic heterocycles. The predicted octanol–water partition coefficient (Wildman–Crippen LogP) is 1.75. The Kier molecular flexibility index (Phi) is 5.49. The number of nitrogens with zero attached hydrogens (tertiary/aromatic N) is 7. The molecule has 1 aromatic carbocycles. The summed E-state index contributed by atoms with van der Waals surface area (Å²) < 4.78 is 8.46. The molecule has 0 saturated carbocycles. The minimum Gasteiger partial charge on any atom is -0.497 e. The van der Waals surface area contributed by atoms with Gasteiger partial charge in [-0.3, -0.25) is 0 Å². The summed E-state index contributed by atoms with van der Waals surface area (Å²) in [7, 11) is 1.63. The summed E-state index contributed by atoms with van der Waals surface area (Å²) in [6.45, 7) is 2.95. The number of hydrogen-bond acceptors (Lipinski definition) is 8. The van der Waals surface area contributed by atoms with Crippen LogP contribution in [0.15, 0.2) is 29.4 Å². The SMILES string of the molecule is CCCCn1nnnc1CSc1nnc(-c2ccc(OC)cc2)n1N. The summed E-state index contributed by atoms with van der Waals surface area (Å²) in [5.74, 6) is 8.89. The van der Waals surface area contributed by atoms with Crippen molar-refractivity contribution in [3.63, 3.8) is 0 Å². The van der Waals surface area contributed by atoms with Gasteiger partial charge in [-0.25, -0.2) is 9.36 Å². The number of nitrogens with two attached hydrogens (primary N) is 1. The first kappa shape index (κ1) is 17.2. The third-order valence-electron chi connectivity index (χ3n) is 3.67. The number of benzene rings is 1. The molecule has 2 aromatic heterocycles. The van der Waals surface area contributed by atoms with E-state index in [2.05, 4.69) is 32.6 Å². The Morgan fingerprint density at radius 2 is 1.96 bits per heavy atom. The zero-order valence-corrected chi connectivity index (χ0v) is 15.0. The molecule has 0 amide bonds. The number of ether oxygens (including phenoxy) is 1. The maximum Gasteiger partial charge on any atom is 0.210 e. The number of methoxy groups -OCH3 is 1. The molecule has 0 radical (unpaired) electrons. The first-order valence-corrected chi connectivity index (χ1v) is 8.94. The maximum atomic E-state index is 6.14. The molecule has 9 nitrogen and oxygen atoms in total. The lowest BCUT2D eigenvalue weighted by molar-refractivity contribution is 0.415.